The SMILES string of the molecule is CC#CCCOc1cc(Br)ccc1C(C)O. The summed E-state index contributed by atoms with van der Waals surface area (Å²) in [6.45, 7) is 4.07. The zero-order valence-corrected chi connectivity index (χ0v) is 11.0. The normalized spacial score (nSPS) is 11.5. The molecule has 1 rings (SSSR count). The summed E-state index contributed by atoms with van der Waals surface area (Å²) in [5, 5.41) is 9.57. The van der Waals surface area contributed by atoms with Crippen molar-refractivity contribution >= 4 is 15.9 Å². The summed E-state index contributed by atoms with van der Waals surface area (Å²) in [7, 11) is 0. The molecule has 1 unspecified atom stereocenters. The number of rotatable bonds is 4. The number of hydrogen-bond acceptors (Lipinski definition) is 2. The predicted molar refractivity (Wildman–Crippen MR) is 68.3 cm³/mol. The van der Waals surface area contributed by atoms with Gasteiger partial charge in [0.1, 0.15) is 5.75 Å². The lowest BCUT2D eigenvalue weighted by Crippen LogP contribution is -2.01. The molecule has 0 aliphatic rings. The molecule has 16 heavy (non-hydrogen) atoms. The zero-order valence-electron chi connectivity index (χ0n) is 9.46. The Hall–Kier alpha value is -0.980. The van der Waals surface area contributed by atoms with Crippen LogP contribution in [0.3, 0.4) is 0 Å². The van der Waals surface area contributed by atoms with Gasteiger partial charge in [-0.3, -0.25) is 0 Å². The molecule has 1 N–H and O–H groups in total. The largest absolute Gasteiger partial charge is 0.492 e. The minimum Gasteiger partial charge on any atom is -0.492 e. The van der Waals surface area contributed by atoms with Gasteiger partial charge in [0.25, 0.3) is 0 Å². The first-order chi connectivity index (χ1) is 7.65. The lowest BCUT2D eigenvalue weighted by Gasteiger charge is -2.13. The first kappa shape index (κ1) is 13.1. The van der Waals surface area contributed by atoms with Crippen LogP contribution in [-0.2, 0) is 0 Å². The van der Waals surface area contributed by atoms with Crippen molar-refractivity contribution in [1.29, 1.82) is 0 Å². The van der Waals surface area contributed by atoms with E-state index in [0.29, 0.717) is 18.8 Å². The van der Waals surface area contributed by atoms with E-state index in [4.69, 9.17) is 4.74 Å². The first-order valence-corrected chi connectivity index (χ1v) is 5.94. The maximum absolute atomic E-state index is 9.57. The highest BCUT2D eigenvalue weighted by Gasteiger charge is 2.09. The van der Waals surface area contributed by atoms with Gasteiger partial charge in [-0.05, 0) is 26.0 Å². The molecule has 0 heterocycles. The fourth-order valence-corrected chi connectivity index (χ4v) is 1.66. The van der Waals surface area contributed by atoms with Gasteiger partial charge in [-0.1, -0.05) is 22.0 Å². The molecule has 0 radical (unpaired) electrons. The maximum Gasteiger partial charge on any atom is 0.126 e. The van der Waals surface area contributed by atoms with Crippen LogP contribution in [0.2, 0.25) is 0 Å². The summed E-state index contributed by atoms with van der Waals surface area (Å²) >= 11 is 3.38. The molecule has 3 heteroatoms. The van der Waals surface area contributed by atoms with Gasteiger partial charge in [0.05, 0.1) is 12.7 Å². The van der Waals surface area contributed by atoms with Gasteiger partial charge >= 0.3 is 0 Å². The Kier molecular flexibility index (Phi) is 5.37. The lowest BCUT2D eigenvalue weighted by atomic mass is 10.1. The molecular formula is C13H15BrO2. The van der Waals surface area contributed by atoms with Gasteiger partial charge in [-0.2, -0.15) is 0 Å². The molecule has 0 bridgehead atoms. The third-order valence-corrected chi connectivity index (χ3v) is 2.58. The second-order valence-corrected chi connectivity index (χ2v) is 4.30. The van der Waals surface area contributed by atoms with Crippen LogP contribution in [0.5, 0.6) is 5.75 Å². The number of ether oxygens (including phenoxy) is 1. The highest BCUT2D eigenvalue weighted by molar-refractivity contribution is 9.10. The van der Waals surface area contributed by atoms with Gasteiger partial charge in [-0.15, -0.1) is 11.8 Å². The van der Waals surface area contributed by atoms with Crippen molar-refractivity contribution in [1.82, 2.24) is 0 Å². The number of halogens is 1. The Morgan fingerprint density at radius 2 is 2.25 bits per heavy atom. The Labute approximate surface area is 105 Å². The minimum absolute atomic E-state index is 0.527. The van der Waals surface area contributed by atoms with E-state index in [2.05, 4.69) is 27.8 Å². The Morgan fingerprint density at radius 3 is 2.88 bits per heavy atom. The third kappa shape index (κ3) is 3.88. The average molecular weight is 283 g/mol. The molecule has 0 fully saturated rings. The van der Waals surface area contributed by atoms with Crippen LogP contribution in [0.4, 0.5) is 0 Å². The molecule has 1 atom stereocenters. The fraction of sp³-hybridized carbons (Fsp3) is 0.385. The molecule has 0 spiro atoms. The van der Waals surface area contributed by atoms with Crippen molar-refractivity contribution in [2.75, 3.05) is 6.61 Å². The summed E-state index contributed by atoms with van der Waals surface area (Å²) in [4.78, 5) is 0. The molecule has 0 aliphatic carbocycles. The fourth-order valence-electron chi connectivity index (χ4n) is 1.32. The van der Waals surface area contributed by atoms with Crippen molar-refractivity contribution in [3.63, 3.8) is 0 Å². The van der Waals surface area contributed by atoms with Crippen LogP contribution >= 0.6 is 15.9 Å². The number of hydrogen-bond donors (Lipinski definition) is 1. The number of benzene rings is 1. The van der Waals surface area contributed by atoms with E-state index in [1.807, 2.05) is 18.2 Å². The molecule has 2 nitrogen and oxygen atoms in total. The first-order valence-electron chi connectivity index (χ1n) is 5.15. The average Bonchev–Trinajstić information content (AvgIpc) is 2.24. The van der Waals surface area contributed by atoms with Crippen molar-refractivity contribution in [3.05, 3.63) is 28.2 Å². The van der Waals surface area contributed by atoms with E-state index >= 15 is 0 Å². The van der Waals surface area contributed by atoms with E-state index in [1.54, 1.807) is 13.8 Å². The van der Waals surface area contributed by atoms with Crippen molar-refractivity contribution in [2.24, 2.45) is 0 Å². The maximum atomic E-state index is 9.57. The zero-order chi connectivity index (χ0) is 12.0. The van der Waals surface area contributed by atoms with Gasteiger partial charge in [-0.25, -0.2) is 0 Å². The second kappa shape index (κ2) is 6.57. The van der Waals surface area contributed by atoms with Crippen LogP contribution in [0.25, 0.3) is 0 Å². The van der Waals surface area contributed by atoms with E-state index in [9.17, 15) is 5.11 Å². The lowest BCUT2D eigenvalue weighted by molar-refractivity contribution is 0.191. The van der Waals surface area contributed by atoms with Crippen LogP contribution in [0.1, 0.15) is 31.9 Å². The van der Waals surface area contributed by atoms with E-state index < -0.39 is 6.10 Å². The van der Waals surface area contributed by atoms with Crippen molar-refractivity contribution in [3.8, 4) is 17.6 Å². The molecule has 0 saturated heterocycles. The third-order valence-electron chi connectivity index (χ3n) is 2.09. The van der Waals surface area contributed by atoms with Crippen molar-refractivity contribution < 1.29 is 9.84 Å². The van der Waals surface area contributed by atoms with Crippen LogP contribution in [0.15, 0.2) is 22.7 Å². The highest BCUT2D eigenvalue weighted by Crippen LogP contribution is 2.28. The molecule has 0 saturated carbocycles. The van der Waals surface area contributed by atoms with Crippen LogP contribution in [-0.4, -0.2) is 11.7 Å². The summed E-state index contributed by atoms with van der Waals surface area (Å²) in [5.41, 5.74) is 0.799. The molecule has 0 aromatic heterocycles. The smallest absolute Gasteiger partial charge is 0.126 e. The van der Waals surface area contributed by atoms with Gasteiger partial charge in [0, 0.05) is 16.5 Å². The van der Waals surface area contributed by atoms with Crippen molar-refractivity contribution in [2.45, 2.75) is 26.4 Å². The molecular weight excluding hydrogens is 268 g/mol. The summed E-state index contributed by atoms with van der Waals surface area (Å²) in [5.74, 6) is 6.46. The van der Waals surface area contributed by atoms with Gasteiger partial charge in [0.15, 0.2) is 0 Å². The van der Waals surface area contributed by atoms with E-state index in [0.717, 1.165) is 10.0 Å². The molecule has 1 aromatic carbocycles. The second-order valence-electron chi connectivity index (χ2n) is 3.38. The van der Waals surface area contributed by atoms with Crippen LogP contribution < -0.4 is 4.74 Å². The summed E-state index contributed by atoms with van der Waals surface area (Å²) in [6, 6.07) is 5.61. The molecule has 0 aliphatic heterocycles. The summed E-state index contributed by atoms with van der Waals surface area (Å²) < 4.78 is 6.53. The van der Waals surface area contributed by atoms with Gasteiger partial charge < -0.3 is 9.84 Å². The Bertz CT molecular complexity index is 402. The molecule has 1 aromatic rings. The highest BCUT2D eigenvalue weighted by atomic mass is 79.9. The van der Waals surface area contributed by atoms with Gasteiger partial charge in [0.2, 0.25) is 0 Å². The molecule has 0 amide bonds. The predicted octanol–water partition coefficient (Wildman–Crippen LogP) is 3.29. The monoisotopic (exact) mass is 282 g/mol. The van der Waals surface area contributed by atoms with E-state index in [-0.39, 0.29) is 0 Å². The topological polar surface area (TPSA) is 29.5 Å². The Morgan fingerprint density at radius 1 is 1.50 bits per heavy atom. The minimum atomic E-state index is -0.527. The molecule has 86 valence electrons. The quantitative estimate of drug-likeness (QED) is 0.678. The van der Waals surface area contributed by atoms with Crippen LogP contribution in [0, 0.1) is 11.8 Å². The standard InChI is InChI=1S/C13H15BrO2/c1-3-4-5-8-16-13-9-11(14)6-7-12(13)10(2)15/h6-7,9-10,15H,5,8H2,1-2H3. The number of aliphatic hydroxyl groups is 1. The van der Waals surface area contributed by atoms with E-state index in [1.165, 1.54) is 0 Å². The Balaban J connectivity index is 2.74. The number of aliphatic hydroxyl groups excluding tert-OH is 1. The summed E-state index contributed by atoms with van der Waals surface area (Å²) in [6.07, 6.45) is 0.169.